The van der Waals surface area contributed by atoms with Crippen LogP contribution < -0.4 is 0 Å². The second-order valence-corrected chi connectivity index (χ2v) is 4.02. The molecule has 5 nitrogen and oxygen atoms in total. The molecule has 1 unspecified atom stereocenters. The first-order valence-corrected chi connectivity index (χ1v) is 5.38. The number of likely N-dealkylation sites (N-methyl/N-ethyl adjacent to an activating group) is 1. The van der Waals surface area contributed by atoms with Crippen molar-refractivity contribution >= 4 is 11.9 Å². The molecule has 1 aliphatic rings. The lowest BCUT2D eigenvalue weighted by Gasteiger charge is -2.26. The van der Waals surface area contributed by atoms with E-state index in [0.717, 1.165) is 13.0 Å². The summed E-state index contributed by atoms with van der Waals surface area (Å²) in [5, 5.41) is 8.79. The molecular formula is C11H18N2O3. The van der Waals surface area contributed by atoms with Crippen molar-refractivity contribution in [2.75, 3.05) is 26.7 Å². The van der Waals surface area contributed by atoms with Crippen molar-refractivity contribution in [3.63, 3.8) is 0 Å². The molecule has 0 spiro atoms. The smallest absolute Gasteiger partial charge is 0.305 e. The summed E-state index contributed by atoms with van der Waals surface area (Å²) < 4.78 is 0. The van der Waals surface area contributed by atoms with Crippen LogP contribution in [0.3, 0.4) is 0 Å². The van der Waals surface area contributed by atoms with Crippen LogP contribution in [0.15, 0.2) is 12.7 Å². The largest absolute Gasteiger partial charge is 0.481 e. The van der Waals surface area contributed by atoms with Gasteiger partial charge in [0, 0.05) is 19.6 Å². The minimum Gasteiger partial charge on any atom is -0.481 e. The molecule has 1 heterocycles. The van der Waals surface area contributed by atoms with Crippen LogP contribution in [0.4, 0.5) is 0 Å². The molecule has 0 radical (unpaired) electrons. The lowest BCUT2D eigenvalue weighted by atomic mass is 10.1. The second-order valence-electron chi connectivity index (χ2n) is 4.02. The van der Waals surface area contributed by atoms with E-state index in [1.54, 1.807) is 18.0 Å². The van der Waals surface area contributed by atoms with Gasteiger partial charge in [0.25, 0.3) is 0 Å². The van der Waals surface area contributed by atoms with Gasteiger partial charge in [-0.1, -0.05) is 6.08 Å². The topological polar surface area (TPSA) is 60.9 Å². The average molecular weight is 226 g/mol. The van der Waals surface area contributed by atoms with E-state index in [1.165, 1.54) is 0 Å². The third-order valence-corrected chi connectivity index (χ3v) is 2.79. The number of nitrogens with zero attached hydrogens (tertiary/aromatic N) is 2. The van der Waals surface area contributed by atoms with E-state index < -0.39 is 12.0 Å². The van der Waals surface area contributed by atoms with Gasteiger partial charge in [-0.25, -0.2) is 0 Å². The molecule has 1 aliphatic heterocycles. The predicted octanol–water partition coefficient (Wildman–Crippen LogP) is 0.180. The summed E-state index contributed by atoms with van der Waals surface area (Å²) >= 11 is 0. The van der Waals surface area contributed by atoms with Gasteiger partial charge in [0.05, 0.1) is 12.5 Å². The minimum atomic E-state index is -0.939. The number of hydrogen-bond donors (Lipinski definition) is 1. The Morgan fingerprint density at radius 2 is 2.31 bits per heavy atom. The average Bonchev–Trinajstić information content (AvgIpc) is 2.33. The Labute approximate surface area is 95.3 Å². The Kier molecular flexibility index (Phi) is 4.49. The number of amides is 1. The predicted molar refractivity (Wildman–Crippen MR) is 60.1 cm³/mol. The van der Waals surface area contributed by atoms with Crippen molar-refractivity contribution in [2.45, 2.75) is 18.9 Å². The monoisotopic (exact) mass is 226 g/mol. The summed E-state index contributed by atoms with van der Waals surface area (Å²) in [5.41, 5.74) is 0. The third kappa shape index (κ3) is 3.06. The standard InChI is InChI=1S/C11H18N2O3/c1-3-5-13-7-4-6-12(2)9(11(13)16)8-10(14)15/h3,9H,1,4-8H2,2H3,(H,14,15). The van der Waals surface area contributed by atoms with E-state index in [2.05, 4.69) is 6.58 Å². The molecular weight excluding hydrogens is 208 g/mol. The molecule has 1 amide bonds. The Morgan fingerprint density at radius 1 is 1.62 bits per heavy atom. The molecule has 1 saturated heterocycles. The summed E-state index contributed by atoms with van der Waals surface area (Å²) in [6, 6.07) is -0.542. The molecule has 90 valence electrons. The highest BCUT2D eigenvalue weighted by molar-refractivity contribution is 5.86. The lowest BCUT2D eigenvalue weighted by molar-refractivity contribution is -0.144. The van der Waals surface area contributed by atoms with Crippen LogP contribution in [-0.2, 0) is 9.59 Å². The fourth-order valence-corrected chi connectivity index (χ4v) is 1.92. The van der Waals surface area contributed by atoms with Crippen LogP contribution in [0.2, 0.25) is 0 Å². The zero-order chi connectivity index (χ0) is 12.1. The quantitative estimate of drug-likeness (QED) is 0.695. The Hall–Kier alpha value is -1.36. The van der Waals surface area contributed by atoms with Crippen LogP contribution in [0.1, 0.15) is 12.8 Å². The Bertz CT molecular complexity index is 291. The van der Waals surface area contributed by atoms with Crippen LogP contribution in [0.5, 0.6) is 0 Å². The maximum absolute atomic E-state index is 12.1. The third-order valence-electron chi connectivity index (χ3n) is 2.79. The fourth-order valence-electron chi connectivity index (χ4n) is 1.92. The van der Waals surface area contributed by atoms with Gasteiger partial charge in [-0.3, -0.25) is 14.5 Å². The zero-order valence-corrected chi connectivity index (χ0v) is 9.56. The number of rotatable bonds is 4. The molecule has 0 saturated carbocycles. The maximum atomic E-state index is 12.1. The van der Waals surface area contributed by atoms with Gasteiger partial charge in [0.1, 0.15) is 0 Å². The van der Waals surface area contributed by atoms with Crippen LogP contribution in [0, 0.1) is 0 Å². The minimum absolute atomic E-state index is 0.109. The molecule has 0 aliphatic carbocycles. The van der Waals surface area contributed by atoms with E-state index >= 15 is 0 Å². The van der Waals surface area contributed by atoms with Crippen molar-refractivity contribution in [3.8, 4) is 0 Å². The highest BCUT2D eigenvalue weighted by Gasteiger charge is 2.31. The first kappa shape index (κ1) is 12.7. The van der Waals surface area contributed by atoms with Gasteiger partial charge in [-0.05, 0) is 13.5 Å². The zero-order valence-electron chi connectivity index (χ0n) is 9.56. The van der Waals surface area contributed by atoms with Gasteiger partial charge in [-0.15, -0.1) is 6.58 Å². The van der Waals surface area contributed by atoms with Gasteiger partial charge in [0.2, 0.25) is 5.91 Å². The van der Waals surface area contributed by atoms with E-state index in [0.29, 0.717) is 13.1 Å². The molecule has 16 heavy (non-hydrogen) atoms. The lowest BCUT2D eigenvalue weighted by Crippen LogP contribution is -2.45. The number of aliphatic carboxylic acids is 1. The molecule has 1 rings (SSSR count). The first-order valence-electron chi connectivity index (χ1n) is 5.38. The number of hydrogen-bond acceptors (Lipinski definition) is 3. The first-order chi connectivity index (χ1) is 7.56. The molecule has 0 bridgehead atoms. The fraction of sp³-hybridized carbons (Fsp3) is 0.636. The second kappa shape index (κ2) is 5.65. The molecule has 0 aromatic rings. The van der Waals surface area contributed by atoms with Crippen LogP contribution in [-0.4, -0.2) is 59.5 Å². The van der Waals surface area contributed by atoms with Crippen molar-refractivity contribution in [3.05, 3.63) is 12.7 Å². The van der Waals surface area contributed by atoms with Gasteiger partial charge < -0.3 is 10.0 Å². The highest BCUT2D eigenvalue weighted by Crippen LogP contribution is 2.12. The van der Waals surface area contributed by atoms with Gasteiger partial charge in [0.15, 0.2) is 0 Å². The van der Waals surface area contributed by atoms with Crippen LogP contribution >= 0.6 is 0 Å². The Morgan fingerprint density at radius 3 is 2.88 bits per heavy atom. The molecule has 1 fully saturated rings. The summed E-state index contributed by atoms with van der Waals surface area (Å²) in [6.07, 6.45) is 2.40. The molecule has 0 aromatic heterocycles. The Balaban J connectivity index is 2.78. The van der Waals surface area contributed by atoms with Gasteiger partial charge >= 0.3 is 5.97 Å². The number of carboxylic acid groups (broad SMARTS) is 1. The van der Waals surface area contributed by atoms with E-state index in [9.17, 15) is 9.59 Å². The van der Waals surface area contributed by atoms with Crippen molar-refractivity contribution in [1.82, 2.24) is 9.80 Å². The number of carbonyl (C=O) groups excluding carboxylic acids is 1. The van der Waals surface area contributed by atoms with Crippen molar-refractivity contribution in [2.24, 2.45) is 0 Å². The van der Waals surface area contributed by atoms with E-state index in [4.69, 9.17) is 5.11 Å². The normalized spacial score (nSPS) is 22.9. The maximum Gasteiger partial charge on any atom is 0.305 e. The molecule has 0 aromatic carbocycles. The summed E-state index contributed by atoms with van der Waals surface area (Å²) in [7, 11) is 1.79. The highest BCUT2D eigenvalue weighted by atomic mass is 16.4. The summed E-state index contributed by atoms with van der Waals surface area (Å²) in [6.45, 7) is 5.51. The van der Waals surface area contributed by atoms with Crippen molar-refractivity contribution in [1.29, 1.82) is 0 Å². The summed E-state index contributed by atoms with van der Waals surface area (Å²) in [5.74, 6) is -1.05. The summed E-state index contributed by atoms with van der Waals surface area (Å²) in [4.78, 5) is 26.3. The number of carboxylic acids is 1. The van der Waals surface area contributed by atoms with E-state index in [-0.39, 0.29) is 12.3 Å². The van der Waals surface area contributed by atoms with Crippen LogP contribution in [0.25, 0.3) is 0 Å². The SMILES string of the molecule is C=CCN1CCCN(C)C(CC(=O)O)C1=O. The van der Waals surface area contributed by atoms with Crippen molar-refractivity contribution < 1.29 is 14.7 Å². The van der Waals surface area contributed by atoms with E-state index in [1.807, 2.05) is 4.90 Å². The number of carbonyl (C=O) groups is 2. The molecule has 5 heteroatoms. The molecule has 1 atom stereocenters. The molecule has 1 N–H and O–H groups in total. The van der Waals surface area contributed by atoms with Gasteiger partial charge in [-0.2, -0.15) is 0 Å².